The van der Waals surface area contributed by atoms with Crippen LogP contribution in [0.3, 0.4) is 0 Å². The molecule has 0 aromatic heterocycles. The van der Waals surface area contributed by atoms with Crippen molar-refractivity contribution in [2.45, 2.75) is 51.2 Å². The minimum atomic E-state index is -0.868. The summed E-state index contributed by atoms with van der Waals surface area (Å²) < 4.78 is 32.8. The number of hydrogen-bond donors (Lipinski definition) is 1. The molecule has 4 heteroatoms. The van der Waals surface area contributed by atoms with Gasteiger partial charge in [0.1, 0.15) is 6.10 Å². The fourth-order valence-electron chi connectivity index (χ4n) is 3.88. The second-order valence-electron chi connectivity index (χ2n) is 5.94. The van der Waals surface area contributed by atoms with Crippen LogP contribution in [0.5, 0.6) is 5.75 Å². The largest absolute Gasteiger partial charge is 0.487 e. The molecule has 0 saturated heterocycles. The van der Waals surface area contributed by atoms with Crippen LogP contribution in [-0.4, -0.2) is 18.7 Å². The monoisotopic (exact) mass is 281 g/mol. The molecule has 1 spiro atoms. The van der Waals surface area contributed by atoms with Crippen molar-refractivity contribution in [3.8, 4) is 5.75 Å². The fourth-order valence-corrected chi connectivity index (χ4v) is 3.88. The minimum Gasteiger partial charge on any atom is -0.487 e. The van der Waals surface area contributed by atoms with Gasteiger partial charge < -0.3 is 10.1 Å². The zero-order valence-corrected chi connectivity index (χ0v) is 11.8. The second kappa shape index (κ2) is 5.32. The van der Waals surface area contributed by atoms with E-state index in [0.29, 0.717) is 6.04 Å². The van der Waals surface area contributed by atoms with Crippen molar-refractivity contribution >= 4 is 0 Å². The average Bonchev–Trinajstić information content (AvgIpc) is 2.95. The molecule has 3 rings (SSSR count). The smallest absolute Gasteiger partial charge is 0.200 e. The highest BCUT2D eigenvalue weighted by Gasteiger charge is 2.57. The minimum absolute atomic E-state index is 0.00495. The first kappa shape index (κ1) is 13.8. The topological polar surface area (TPSA) is 21.3 Å². The lowest BCUT2D eigenvalue weighted by Gasteiger charge is -2.54. The van der Waals surface area contributed by atoms with Crippen LogP contribution in [0.25, 0.3) is 0 Å². The number of ether oxygens (including phenoxy) is 1. The van der Waals surface area contributed by atoms with Crippen molar-refractivity contribution in [3.05, 3.63) is 29.8 Å². The standard InChI is InChI=1S/C16H21F2NO/c1-2-19-13-10-14(16(13)8-3-4-9-16)20-12-7-5-6-11(17)15(12)18/h5-7,13-14,19H,2-4,8-10H2,1H3. The van der Waals surface area contributed by atoms with Crippen LogP contribution in [0.2, 0.25) is 0 Å². The molecule has 2 saturated carbocycles. The van der Waals surface area contributed by atoms with Crippen LogP contribution in [0.4, 0.5) is 8.78 Å². The summed E-state index contributed by atoms with van der Waals surface area (Å²) in [5.74, 6) is -1.66. The third-order valence-corrected chi connectivity index (χ3v) is 4.96. The molecule has 2 fully saturated rings. The SMILES string of the molecule is CCNC1CC(Oc2cccc(F)c2F)C12CCCC2. The summed E-state index contributed by atoms with van der Waals surface area (Å²) in [6.07, 6.45) is 5.52. The normalized spacial score (nSPS) is 27.6. The van der Waals surface area contributed by atoms with Crippen molar-refractivity contribution in [2.24, 2.45) is 5.41 Å². The van der Waals surface area contributed by atoms with E-state index in [1.54, 1.807) is 0 Å². The molecule has 2 aliphatic rings. The van der Waals surface area contributed by atoms with E-state index in [1.807, 2.05) is 0 Å². The Morgan fingerprint density at radius 3 is 2.75 bits per heavy atom. The third kappa shape index (κ3) is 2.10. The van der Waals surface area contributed by atoms with E-state index < -0.39 is 11.6 Å². The van der Waals surface area contributed by atoms with Gasteiger partial charge in [-0.1, -0.05) is 25.8 Å². The van der Waals surface area contributed by atoms with Crippen molar-refractivity contribution in [1.82, 2.24) is 5.32 Å². The summed E-state index contributed by atoms with van der Waals surface area (Å²) in [7, 11) is 0. The van der Waals surface area contributed by atoms with Gasteiger partial charge >= 0.3 is 0 Å². The predicted molar refractivity (Wildman–Crippen MR) is 73.8 cm³/mol. The Kier molecular flexibility index (Phi) is 3.67. The van der Waals surface area contributed by atoms with E-state index in [9.17, 15) is 8.78 Å². The Morgan fingerprint density at radius 2 is 2.05 bits per heavy atom. The maximum Gasteiger partial charge on any atom is 0.200 e. The van der Waals surface area contributed by atoms with Crippen LogP contribution in [0, 0.1) is 17.0 Å². The maximum atomic E-state index is 13.7. The van der Waals surface area contributed by atoms with Crippen LogP contribution < -0.4 is 10.1 Å². The van der Waals surface area contributed by atoms with Gasteiger partial charge in [0.2, 0.25) is 5.82 Å². The van der Waals surface area contributed by atoms with Gasteiger partial charge in [0.25, 0.3) is 0 Å². The molecule has 1 aromatic carbocycles. The molecule has 0 heterocycles. The van der Waals surface area contributed by atoms with Crippen LogP contribution in [-0.2, 0) is 0 Å². The summed E-state index contributed by atoms with van der Waals surface area (Å²) in [5, 5.41) is 3.51. The lowest BCUT2D eigenvalue weighted by Crippen LogP contribution is -2.63. The Balaban J connectivity index is 1.76. The summed E-state index contributed by atoms with van der Waals surface area (Å²) >= 11 is 0. The number of halogens is 2. The molecule has 2 atom stereocenters. The number of rotatable bonds is 4. The van der Waals surface area contributed by atoms with E-state index in [0.717, 1.165) is 31.9 Å². The van der Waals surface area contributed by atoms with E-state index in [-0.39, 0.29) is 17.3 Å². The molecule has 20 heavy (non-hydrogen) atoms. The molecule has 110 valence electrons. The molecule has 0 amide bonds. The zero-order valence-electron chi connectivity index (χ0n) is 11.8. The average molecular weight is 281 g/mol. The van der Waals surface area contributed by atoms with Gasteiger partial charge in [-0.05, 0) is 31.5 Å². The molecule has 2 nitrogen and oxygen atoms in total. The predicted octanol–water partition coefficient (Wildman–Crippen LogP) is 3.65. The highest BCUT2D eigenvalue weighted by molar-refractivity contribution is 5.26. The lowest BCUT2D eigenvalue weighted by atomic mass is 9.60. The molecule has 0 aliphatic heterocycles. The van der Waals surface area contributed by atoms with Gasteiger partial charge in [0, 0.05) is 17.9 Å². The molecule has 0 radical (unpaired) electrons. The second-order valence-corrected chi connectivity index (χ2v) is 5.94. The first-order valence-electron chi connectivity index (χ1n) is 7.51. The number of hydrogen-bond acceptors (Lipinski definition) is 2. The molecular formula is C16H21F2NO. The van der Waals surface area contributed by atoms with Gasteiger partial charge in [-0.15, -0.1) is 0 Å². The van der Waals surface area contributed by atoms with Crippen LogP contribution >= 0.6 is 0 Å². The fraction of sp³-hybridized carbons (Fsp3) is 0.625. The molecular weight excluding hydrogens is 260 g/mol. The zero-order chi connectivity index (χ0) is 14.2. The van der Waals surface area contributed by atoms with Gasteiger partial charge in [-0.25, -0.2) is 4.39 Å². The highest BCUT2D eigenvalue weighted by atomic mass is 19.2. The van der Waals surface area contributed by atoms with Crippen molar-refractivity contribution in [3.63, 3.8) is 0 Å². The summed E-state index contributed by atoms with van der Waals surface area (Å²) in [6, 6.07) is 4.59. The molecule has 2 unspecified atom stereocenters. The summed E-state index contributed by atoms with van der Waals surface area (Å²) in [4.78, 5) is 0. The van der Waals surface area contributed by atoms with Crippen molar-refractivity contribution in [2.75, 3.05) is 6.54 Å². The molecule has 1 aromatic rings. The molecule has 0 bridgehead atoms. The number of benzene rings is 1. The third-order valence-electron chi connectivity index (χ3n) is 4.96. The molecule has 2 aliphatic carbocycles. The van der Waals surface area contributed by atoms with Gasteiger partial charge in [0.05, 0.1) is 0 Å². The van der Waals surface area contributed by atoms with Gasteiger partial charge in [-0.2, -0.15) is 4.39 Å². The van der Waals surface area contributed by atoms with Gasteiger partial charge in [0.15, 0.2) is 11.6 Å². The Bertz CT molecular complexity index is 485. The van der Waals surface area contributed by atoms with Crippen molar-refractivity contribution in [1.29, 1.82) is 0 Å². The lowest BCUT2D eigenvalue weighted by molar-refractivity contribution is -0.0772. The highest BCUT2D eigenvalue weighted by Crippen LogP contribution is 2.54. The van der Waals surface area contributed by atoms with E-state index in [1.165, 1.54) is 25.0 Å². The van der Waals surface area contributed by atoms with Gasteiger partial charge in [-0.3, -0.25) is 0 Å². The first-order valence-corrected chi connectivity index (χ1v) is 7.51. The van der Waals surface area contributed by atoms with E-state index in [2.05, 4.69) is 12.2 Å². The first-order chi connectivity index (χ1) is 9.67. The Labute approximate surface area is 118 Å². The Hall–Kier alpha value is -1.16. The quantitative estimate of drug-likeness (QED) is 0.909. The van der Waals surface area contributed by atoms with Crippen LogP contribution in [0.1, 0.15) is 39.0 Å². The van der Waals surface area contributed by atoms with Crippen LogP contribution in [0.15, 0.2) is 18.2 Å². The van der Waals surface area contributed by atoms with E-state index in [4.69, 9.17) is 4.74 Å². The molecule has 1 N–H and O–H groups in total. The Morgan fingerprint density at radius 1 is 1.30 bits per heavy atom. The van der Waals surface area contributed by atoms with E-state index >= 15 is 0 Å². The number of nitrogens with one attached hydrogen (secondary N) is 1. The van der Waals surface area contributed by atoms with Crippen molar-refractivity contribution < 1.29 is 13.5 Å². The maximum absolute atomic E-state index is 13.7. The summed E-state index contributed by atoms with van der Waals surface area (Å²) in [5.41, 5.74) is 0.120. The summed E-state index contributed by atoms with van der Waals surface area (Å²) in [6.45, 7) is 3.04.